The van der Waals surface area contributed by atoms with Gasteiger partial charge in [-0.1, -0.05) is 32.6 Å². The Balaban J connectivity index is 1.29. The number of cyclic esters (lactones) is 1. The lowest BCUT2D eigenvalue weighted by Gasteiger charge is -2.32. The lowest BCUT2D eigenvalue weighted by Crippen LogP contribution is -2.39. The summed E-state index contributed by atoms with van der Waals surface area (Å²) >= 11 is 0. The number of aromatic nitrogens is 2. The maximum Gasteiger partial charge on any atom is 0.415 e. The molecular weight excluding hydrogens is 432 g/mol. The van der Waals surface area contributed by atoms with Crippen molar-refractivity contribution in [2.75, 3.05) is 35.2 Å². The average Bonchev–Trinajstić information content (AvgIpc) is 3.23. The first-order chi connectivity index (χ1) is 16.4. The molecule has 0 radical (unpaired) electrons. The van der Waals surface area contributed by atoms with Crippen molar-refractivity contribution in [3.8, 4) is 0 Å². The number of hydrogen-bond acceptors (Lipinski definition) is 7. The summed E-state index contributed by atoms with van der Waals surface area (Å²) in [5.74, 6) is 1.17. The third-order valence-electron chi connectivity index (χ3n) is 6.30. The maximum absolute atomic E-state index is 12.3. The lowest BCUT2D eigenvalue weighted by molar-refractivity contribution is -0.111. The molecule has 2 aliphatic rings. The minimum atomic E-state index is -0.354. The molecular formula is C25H32N6O3. The number of ether oxygens (including phenoxy) is 1. The Morgan fingerprint density at radius 1 is 1.24 bits per heavy atom. The molecule has 0 unspecified atom stereocenters. The topological polar surface area (TPSA) is 99.7 Å². The van der Waals surface area contributed by atoms with Crippen LogP contribution >= 0.6 is 0 Å². The fourth-order valence-corrected chi connectivity index (χ4v) is 4.31. The number of rotatable bonds is 8. The molecule has 2 N–H and O–H groups in total. The Bertz CT molecular complexity index is 1020. The predicted octanol–water partition coefficient (Wildman–Crippen LogP) is 3.66. The molecule has 2 aliphatic heterocycles. The summed E-state index contributed by atoms with van der Waals surface area (Å²) in [7, 11) is 0. The molecule has 3 heterocycles. The van der Waals surface area contributed by atoms with Crippen molar-refractivity contribution in [2.24, 2.45) is 5.92 Å². The molecule has 1 aromatic heterocycles. The summed E-state index contributed by atoms with van der Waals surface area (Å²) in [5, 5.41) is 6.21. The number of carbonyl (C=O) groups is 2. The molecule has 1 aromatic carbocycles. The standard InChI is InChI=1S/C25H32N6O3/c1-4-23(32)27-19-7-5-18(6-8-19)15-30-13-10-20(11-14-30)28-24-26-12-9-22(29-24)31-21(17(2)3)16-34-25(31)33/h4-9,12,17,20-21H,1,10-11,13-16H2,2-3H3,(H,27,32)(H,26,28,29)/t21-/m1/s1. The third-order valence-corrected chi connectivity index (χ3v) is 6.30. The summed E-state index contributed by atoms with van der Waals surface area (Å²) in [6.45, 7) is 10.8. The number of nitrogens with zero attached hydrogens (tertiary/aromatic N) is 4. The number of hydrogen-bond donors (Lipinski definition) is 2. The van der Waals surface area contributed by atoms with E-state index in [9.17, 15) is 9.59 Å². The number of piperidine rings is 1. The first-order valence-corrected chi connectivity index (χ1v) is 11.7. The minimum absolute atomic E-state index is 0.0224. The molecule has 2 saturated heterocycles. The van der Waals surface area contributed by atoms with Crippen molar-refractivity contribution in [3.05, 3.63) is 54.7 Å². The van der Waals surface area contributed by atoms with E-state index in [2.05, 4.69) is 45.9 Å². The van der Waals surface area contributed by atoms with Gasteiger partial charge < -0.3 is 15.4 Å². The molecule has 0 saturated carbocycles. The summed E-state index contributed by atoms with van der Waals surface area (Å²) in [5.41, 5.74) is 1.97. The van der Waals surface area contributed by atoms with Gasteiger partial charge >= 0.3 is 6.09 Å². The van der Waals surface area contributed by atoms with Gasteiger partial charge in [-0.25, -0.2) is 9.78 Å². The summed E-state index contributed by atoms with van der Waals surface area (Å²) < 4.78 is 5.25. The van der Waals surface area contributed by atoms with Crippen LogP contribution in [0.25, 0.3) is 0 Å². The Morgan fingerprint density at radius 3 is 2.65 bits per heavy atom. The zero-order valence-corrected chi connectivity index (χ0v) is 19.7. The van der Waals surface area contributed by atoms with Crippen molar-refractivity contribution in [3.63, 3.8) is 0 Å². The summed E-state index contributed by atoms with van der Waals surface area (Å²) in [6.07, 6.45) is 4.54. The highest BCUT2D eigenvalue weighted by Crippen LogP contribution is 2.26. The van der Waals surface area contributed by atoms with Crippen LogP contribution < -0.4 is 15.5 Å². The number of benzene rings is 1. The lowest BCUT2D eigenvalue weighted by atomic mass is 10.0. The van der Waals surface area contributed by atoms with Gasteiger partial charge in [0.05, 0.1) is 6.04 Å². The average molecular weight is 465 g/mol. The van der Waals surface area contributed by atoms with Crippen LogP contribution in [0.5, 0.6) is 0 Å². The third kappa shape index (κ3) is 5.72. The number of anilines is 3. The van der Waals surface area contributed by atoms with Crippen LogP contribution in [0.2, 0.25) is 0 Å². The van der Waals surface area contributed by atoms with Crippen LogP contribution in [0.1, 0.15) is 32.3 Å². The highest BCUT2D eigenvalue weighted by Gasteiger charge is 2.37. The monoisotopic (exact) mass is 464 g/mol. The Morgan fingerprint density at radius 2 is 1.97 bits per heavy atom. The Kier molecular flexibility index (Phi) is 7.42. The fraction of sp³-hybridized carbons (Fsp3) is 0.440. The molecule has 9 heteroatoms. The molecule has 0 aliphatic carbocycles. The second-order valence-corrected chi connectivity index (χ2v) is 9.08. The largest absolute Gasteiger partial charge is 0.447 e. The van der Waals surface area contributed by atoms with Gasteiger partial charge in [-0.15, -0.1) is 0 Å². The first kappa shape index (κ1) is 23.7. The van der Waals surface area contributed by atoms with Crippen LogP contribution in [0.3, 0.4) is 0 Å². The van der Waals surface area contributed by atoms with Gasteiger partial charge in [-0.2, -0.15) is 4.98 Å². The summed E-state index contributed by atoms with van der Waals surface area (Å²) in [6, 6.07) is 9.90. The van der Waals surface area contributed by atoms with Crippen LogP contribution in [-0.2, 0) is 16.1 Å². The van der Waals surface area contributed by atoms with E-state index in [1.54, 1.807) is 17.2 Å². The van der Waals surface area contributed by atoms with Gasteiger partial charge in [0, 0.05) is 37.6 Å². The zero-order chi connectivity index (χ0) is 24.1. The minimum Gasteiger partial charge on any atom is -0.447 e. The number of carbonyl (C=O) groups excluding carboxylic acids is 2. The quantitative estimate of drug-likeness (QED) is 0.575. The number of nitrogens with one attached hydrogen (secondary N) is 2. The van der Waals surface area contributed by atoms with Gasteiger partial charge in [0.2, 0.25) is 11.9 Å². The summed E-state index contributed by atoms with van der Waals surface area (Å²) in [4.78, 5) is 36.7. The van der Waals surface area contributed by atoms with E-state index in [1.807, 2.05) is 24.3 Å². The number of amides is 2. The Labute approximate surface area is 200 Å². The van der Waals surface area contributed by atoms with Crippen molar-refractivity contribution in [2.45, 2.75) is 45.3 Å². The highest BCUT2D eigenvalue weighted by molar-refractivity contribution is 5.98. The van der Waals surface area contributed by atoms with E-state index in [0.29, 0.717) is 18.4 Å². The van der Waals surface area contributed by atoms with E-state index >= 15 is 0 Å². The molecule has 4 rings (SSSR count). The van der Waals surface area contributed by atoms with Crippen molar-refractivity contribution < 1.29 is 14.3 Å². The van der Waals surface area contributed by atoms with Crippen LogP contribution in [-0.4, -0.2) is 58.6 Å². The van der Waals surface area contributed by atoms with Gasteiger partial charge in [-0.05, 0) is 48.6 Å². The molecule has 2 aromatic rings. The van der Waals surface area contributed by atoms with Gasteiger partial charge in [0.15, 0.2) is 0 Å². The molecule has 1 atom stereocenters. The van der Waals surface area contributed by atoms with Crippen molar-refractivity contribution >= 4 is 29.5 Å². The van der Waals surface area contributed by atoms with E-state index in [1.165, 1.54) is 11.6 Å². The highest BCUT2D eigenvalue weighted by atomic mass is 16.6. The Hall–Kier alpha value is -3.46. The fourth-order valence-electron chi connectivity index (χ4n) is 4.31. The van der Waals surface area contributed by atoms with Gasteiger partial charge in [0.25, 0.3) is 0 Å². The van der Waals surface area contributed by atoms with Gasteiger partial charge in [0.1, 0.15) is 12.4 Å². The van der Waals surface area contributed by atoms with Gasteiger partial charge in [-0.3, -0.25) is 14.6 Å². The maximum atomic E-state index is 12.3. The van der Waals surface area contributed by atoms with E-state index < -0.39 is 0 Å². The molecule has 2 amide bonds. The van der Waals surface area contributed by atoms with Crippen LogP contribution in [0.4, 0.5) is 22.2 Å². The second-order valence-electron chi connectivity index (χ2n) is 9.08. The smallest absolute Gasteiger partial charge is 0.415 e. The second kappa shape index (κ2) is 10.6. The van der Waals surface area contributed by atoms with Crippen molar-refractivity contribution in [1.29, 1.82) is 0 Å². The van der Waals surface area contributed by atoms with E-state index in [4.69, 9.17) is 4.74 Å². The SMILES string of the molecule is C=CC(=O)Nc1ccc(CN2CCC(Nc3nccc(N4C(=O)OC[C@@H]4C(C)C)n3)CC2)cc1. The van der Waals surface area contributed by atoms with E-state index in [0.717, 1.165) is 38.2 Å². The van der Waals surface area contributed by atoms with Crippen LogP contribution in [0, 0.1) is 5.92 Å². The molecule has 2 fully saturated rings. The van der Waals surface area contributed by atoms with Crippen LogP contribution in [0.15, 0.2) is 49.2 Å². The molecule has 34 heavy (non-hydrogen) atoms. The predicted molar refractivity (Wildman–Crippen MR) is 132 cm³/mol. The normalized spacial score (nSPS) is 19.2. The molecule has 0 spiro atoms. The number of likely N-dealkylation sites (tertiary alicyclic amines) is 1. The van der Waals surface area contributed by atoms with E-state index in [-0.39, 0.29) is 30.0 Å². The molecule has 9 nitrogen and oxygen atoms in total. The first-order valence-electron chi connectivity index (χ1n) is 11.7. The zero-order valence-electron chi connectivity index (χ0n) is 19.7. The molecule has 180 valence electrons. The molecule has 0 bridgehead atoms. The van der Waals surface area contributed by atoms with Crippen molar-refractivity contribution in [1.82, 2.24) is 14.9 Å².